The minimum atomic E-state index is 0.909. The largest absolute Gasteiger partial charge is 0.312 e. The average Bonchev–Trinajstić information content (AvgIpc) is 2.73. The monoisotopic (exact) mass is 247 g/mol. The fraction of sp³-hybridized carbons (Fsp3) is 0.385. The van der Waals surface area contributed by atoms with Crippen molar-refractivity contribution in [1.82, 2.24) is 15.3 Å². The summed E-state index contributed by atoms with van der Waals surface area (Å²) >= 11 is 1.74. The van der Waals surface area contributed by atoms with Gasteiger partial charge in [-0.05, 0) is 37.5 Å². The Balaban J connectivity index is 1.77. The zero-order valence-electron chi connectivity index (χ0n) is 10.2. The first-order valence-corrected chi connectivity index (χ1v) is 6.64. The molecule has 0 atom stereocenters. The quantitative estimate of drug-likeness (QED) is 0.825. The van der Waals surface area contributed by atoms with Crippen LogP contribution in [0.1, 0.15) is 21.7 Å². The molecule has 2 heterocycles. The van der Waals surface area contributed by atoms with Gasteiger partial charge in [0.15, 0.2) is 0 Å². The van der Waals surface area contributed by atoms with Gasteiger partial charge in [0.25, 0.3) is 0 Å². The van der Waals surface area contributed by atoms with Crippen LogP contribution in [0.4, 0.5) is 0 Å². The molecular weight excluding hydrogens is 230 g/mol. The Kier molecular flexibility index (Phi) is 4.23. The van der Waals surface area contributed by atoms with E-state index in [1.165, 1.54) is 16.0 Å². The van der Waals surface area contributed by atoms with Crippen molar-refractivity contribution >= 4 is 11.3 Å². The molecule has 0 unspecified atom stereocenters. The van der Waals surface area contributed by atoms with Crippen LogP contribution in [0.2, 0.25) is 0 Å². The molecule has 0 saturated heterocycles. The SMILES string of the molecule is Cc1cnccc1CNCCc1scnc1C. The smallest absolute Gasteiger partial charge is 0.0797 e. The van der Waals surface area contributed by atoms with Crippen molar-refractivity contribution in [2.24, 2.45) is 0 Å². The van der Waals surface area contributed by atoms with E-state index in [4.69, 9.17) is 0 Å². The molecule has 0 aliphatic rings. The van der Waals surface area contributed by atoms with Crippen LogP contribution in [0.5, 0.6) is 0 Å². The molecule has 0 radical (unpaired) electrons. The van der Waals surface area contributed by atoms with Gasteiger partial charge in [0, 0.05) is 30.4 Å². The fourth-order valence-electron chi connectivity index (χ4n) is 1.69. The predicted molar refractivity (Wildman–Crippen MR) is 71.2 cm³/mol. The van der Waals surface area contributed by atoms with Crippen LogP contribution in [0.15, 0.2) is 24.0 Å². The van der Waals surface area contributed by atoms with Crippen LogP contribution >= 0.6 is 11.3 Å². The fourth-order valence-corrected chi connectivity index (χ4v) is 2.47. The third kappa shape index (κ3) is 3.35. The minimum absolute atomic E-state index is 0.909. The molecule has 0 amide bonds. The highest BCUT2D eigenvalue weighted by molar-refractivity contribution is 7.09. The summed E-state index contributed by atoms with van der Waals surface area (Å²) in [6.45, 7) is 6.06. The first kappa shape index (κ1) is 12.2. The summed E-state index contributed by atoms with van der Waals surface area (Å²) in [5, 5.41) is 3.46. The molecule has 0 aromatic carbocycles. The van der Waals surface area contributed by atoms with E-state index in [2.05, 4.69) is 35.2 Å². The summed E-state index contributed by atoms with van der Waals surface area (Å²) in [5.41, 5.74) is 5.64. The Morgan fingerprint density at radius 2 is 2.24 bits per heavy atom. The molecule has 90 valence electrons. The molecule has 4 heteroatoms. The lowest BCUT2D eigenvalue weighted by Gasteiger charge is -2.06. The van der Waals surface area contributed by atoms with Crippen LogP contribution in [-0.2, 0) is 13.0 Å². The number of aryl methyl sites for hydroxylation is 2. The van der Waals surface area contributed by atoms with Crippen molar-refractivity contribution in [2.75, 3.05) is 6.54 Å². The van der Waals surface area contributed by atoms with Gasteiger partial charge in [-0.15, -0.1) is 11.3 Å². The maximum Gasteiger partial charge on any atom is 0.0797 e. The van der Waals surface area contributed by atoms with Crippen LogP contribution in [0, 0.1) is 13.8 Å². The number of hydrogen-bond acceptors (Lipinski definition) is 4. The molecule has 17 heavy (non-hydrogen) atoms. The lowest BCUT2D eigenvalue weighted by atomic mass is 10.1. The number of nitrogens with zero attached hydrogens (tertiary/aromatic N) is 2. The van der Waals surface area contributed by atoms with Crippen LogP contribution in [0.25, 0.3) is 0 Å². The second-order valence-electron chi connectivity index (χ2n) is 4.09. The summed E-state index contributed by atoms with van der Waals surface area (Å²) in [6.07, 6.45) is 4.81. The van der Waals surface area contributed by atoms with E-state index >= 15 is 0 Å². The third-order valence-electron chi connectivity index (χ3n) is 2.83. The second-order valence-corrected chi connectivity index (χ2v) is 5.03. The Bertz CT molecular complexity index is 479. The Labute approximate surface area is 106 Å². The molecule has 1 N–H and O–H groups in total. The maximum absolute atomic E-state index is 4.25. The summed E-state index contributed by atoms with van der Waals surface area (Å²) in [6, 6.07) is 2.07. The summed E-state index contributed by atoms with van der Waals surface area (Å²) in [5.74, 6) is 0. The van der Waals surface area contributed by atoms with Crippen molar-refractivity contribution in [3.05, 3.63) is 45.7 Å². The average molecular weight is 247 g/mol. The van der Waals surface area contributed by atoms with E-state index in [9.17, 15) is 0 Å². The summed E-state index contributed by atoms with van der Waals surface area (Å²) in [7, 11) is 0. The molecule has 0 bridgehead atoms. The number of pyridine rings is 1. The van der Waals surface area contributed by atoms with Gasteiger partial charge in [0.05, 0.1) is 11.2 Å². The zero-order chi connectivity index (χ0) is 12.1. The zero-order valence-corrected chi connectivity index (χ0v) is 11.0. The normalized spacial score (nSPS) is 10.7. The molecule has 3 nitrogen and oxygen atoms in total. The van der Waals surface area contributed by atoms with Gasteiger partial charge in [-0.25, -0.2) is 4.98 Å². The van der Waals surface area contributed by atoms with E-state index in [-0.39, 0.29) is 0 Å². The summed E-state index contributed by atoms with van der Waals surface area (Å²) < 4.78 is 0. The van der Waals surface area contributed by atoms with Crippen LogP contribution < -0.4 is 5.32 Å². The van der Waals surface area contributed by atoms with Crippen molar-refractivity contribution in [3.63, 3.8) is 0 Å². The number of aromatic nitrogens is 2. The molecule has 2 aromatic rings. The van der Waals surface area contributed by atoms with Gasteiger partial charge >= 0.3 is 0 Å². The van der Waals surface area contributed by atoms with Gasteiger partial charge < -0.3 is 5.32 Å². The van der Waals surface area contributed by atoms with Gasteiger partial charge in [-0.1, -0.05) is 0 Å². The lowest BCUT2D eigenvalue weighted by Crippen LogP contribution is -2.17. The first-order chi connectivity index (χ1) is 8.27. The van der Waals surface area contributed by atoms with E-state index in [0.29, 0.717) is 0 Å². The molecule has 0 fully saturated rings. The van der Waals surface area contributed by atoms with Gasteiger partial charge in [0.1, 0.15) is 0 Å². The molecule has 0 saturated carbocycles. The van der Waals surface area contributed by atoms with Gasteiger partial charge in [-0.3, -0.25) is 4.98 Å². The number of nitrogens with one attached hydrogen (secondary N) is 1. The lowest BCUT2D eigenvalue weighted by molar-refractivity contribution is 0.685. The van der Waals surface area contributed by atoms with E-state index in [1.54, 1.807) is 11.3 Å². The highest BCUT2D eigenvalue weighted by atomic mass is 32.1. The minimum Gasteiger partial charge on any atom is -0.312 e. The van der Waals surface area contributed by atoms with Gasteiger partial charge in [-0.2, -0.15) is 0 Å². The highest BCUT2D eigenvalue weighted by Gasteiger charge is 2.01. The molecule has 2 rings (SSSR count). The highest BCUT2D eigenvalue weighted by Crippen LogP contribution is 2.12. The van der Waals surface area contributed by atoms with E-state index in [0.717, 1.165) is 25.2 Å². The predicted octanol–water partition coefficient (Wildman–Crippen LogP) is 2.49. The molecule has 0 aliphatic heterocycles. The number of thiazole rings is 1. The summed E-state index contributed by atoms with van der Waals surface area (Å²) in [4.78, 5) is 9.72. The molecule has 0 aliphatic carbocycles. The molecule has 2 aromatic heterocycles. The van der Waals surface area contributed by atoms with E-state index in [1.807, 2.05) is 17.9 Å². The topological polar surface area (TPSA) is 37.8 Å². The Morgan fingerprint density at radius 3 is 2.94 bits per heavy atom. The van der Waals surface area contributed by atoms with Crippen molar-refractivity contribution in [1.29, 1.82) is 0 Å². The van der Waals surface area contributed by atoms with Gasteiger partial charge in [0.2, 0.25) is 0 Å². The van der Waals surface area contributed by atoms with Crippen LogP contribution in [-0.4, -0.2) is 16.5 Å². The Hall–Kier alpha value is -1.26. The number of hydrogen-bond donors (Lipinski definition) is 1. The van der Waals surface area contributed by atoms with Crippen LogP contribution in [0.3, 0.4) is 0 Å². The standard InChI is InChI=1S/C13H17N3S/c1-10-7-14-5-3-12(10)8-15-6-4-13-11(2)16-9-17-13/h3,5,7,9,15H,4,6,8H2,1-2H3. The Morgan fingerprint density at radius 1 is 1.35 bits per heavy atom. The first-order valence-electron chi connectivity index (χ1n) is 5.76. The molecule has 0 spiro atoms. The number of rotatable bonds is 5. The van der Waals surface area contributed by atoms with E-state index < -0.39 is 0 Å². The molecular formula is C13H17N3S. The second kappa shape index (κ2) is 5.89. The van der Waals surface area contributed by atoms with Crippen molar-refractivity contribution in [3.8, 4) is 0 Å². The van der Waals surface area contributed by atoms with Crippen molar-refractivity contribution in [2.45, 2.75) is 26.8 Å². The van der Waals surface area contributed by atoms with Crippen molar-refractivity contribution < 1.29 is 0 Å². The third-order valence-corrected chi connectivity index (χ3v) is 3.82. The maximum atomic E-state index is 4.25.